The number of nitrogens with two attached hydrogens (primary N) is 1. The number of benzene rings is 1. The van der Waals surface area contributed by atoms with Gasteiger partial charge in [0.2, 0.25) is 0 Å². The van der Waals surface area contributed by atoms with Crippen molar-refractivity contribution in [1.29, 1.82) is 0 Å². The van der Waals surface area contributed by atoms with Gasteiger partial charge in [0.25, 0.3) is 0 Å². The molecule has 0 bridgehead atoms. The van der Waals surface area contributed by atoms with E-state index in [1.807, 2.05) is 19.2 Å². The largest absolute Gasteiger partial charge is 0.461 e. The molecule has 1 aromatic rings. The van der Waals surface area contributed by atoms with Gasteiger partial charge in [0.1, 0.15) is 6.61 Å². The molecule has 1 aromatic carbocycles. The molecule has 0 saturated heterocycles. The predicted molar refractivity (Wildman–Crippen MR) is 64.3 cm³/mol. The first-order valence-corrected chi connectivity index (χ1v) is 6.06. The van der Waals surface area contributed by atoms with E-state index in [0.717, 1.165) is 11.3 Å². The zero-order valence-electron chi connectivity index (χ0n) is 8.95. The number of ether oxygens (including phenoxy) is 1. The number of hydrogen-bond donors (Lipinski definition) is 1. The van der Waals surface area contributed by atoms with Gasteiger partial charge >= 0.3 is 5.97 Å². The maximum atomic E-state index is 11.5. The number of nitrogen functional groups attached to an aromatic ring is 1. The highest BCUT2D eigenvalue weighted by Crippen LogP contribution is 2.13. The molecule has 0 heterocycles. The Labute approximate surface area is 94.0 Å². The minimum Gasteiger partial charge on any atom is -0.461 e. The number of carbonyl (C=O) groups excluding carboxylic acids is 1. The molecule has 0 spiro atoms. The van der Waals surface area contributed by atoms with Gasteiger partial charge in [-0.15, -0.1) is 0 Å². The molecule has 0 amide bonds. The van der Waals surface area contributed by atoms with Crippen molar-refractivity contribution in [3.05, 3.63) is 29.3 Å². The summed E-state index contributed by atoms with van der Waals surface area (Å²) in [5.74, 6) is 0.503. The quantitative estimate of drug-likeness (QED) is 0.484. The van der Waals surface area contributed by atoms with Crippen molar-refractivity contribution in [2.45, 2.75) is 6.92 Å². The fourth-order valence-corrected chi connectivity index (χ4v) is 1.32. The molecule has 0 fully saturated rings. The fourth-order valence-electron chi connectivity index (χ4n) is 1.07. The molecular formula is C11H15NO2S. The molecule has 0 aliphatic heterocycles. The van der Waals surface area contributed by atoms with E-state index in [1.165, 1.54) is 0 Å². The van der Waals surface area contributed by atoms with Crippen molar-refractivity contribution in [3.63, 3.8) is 0 Å². The third kappa shape index (κ3) is 3.47. The van der Waals surface area contributed by atoms with E-state index in [0.29, 0.717) is 17.9 Å². The smallest absolute Gasteiger partial charge is 0.338 e. The molecule has 0 unspecified atom stereocenters. The highest BCUT2D eigenvalue weighted by atomic mass is 32.2. The van der Waals surface area contributed by atoms with Crippen molar-refractivity contribution < 1.29 is 9.53 Å². The number of thioether (sulfide) groups is 1. The van der Waals surface area contributed by atoms with Gasteiger partial charge in [0, 0.05) is 11.4 Å². The Kier molecular flexibility index (Phi) is 4.49. The molecule has 0 radical (unpaired) electrons. The number of esters is 1. The van der Waals surface area contributed by atoms with Crippen LogP contribution >= 0.6 is 11.8 Å². The molecular weight excluding hydrogens is 210 g/mol. The third-order valence-corrected chi connectivity index (χ3v) is 2.61. The highest BCUT2D eigenvalue weighted by molar-refractivity contribution is 7.98. The number of anilines is 1. The molecule has 0 atom stereocenters. The predicted octanol–water partition coefficient (Wildman–Crippen LogP) is 2.10. The molecule has 0 saturated carbocycles. The second-order valence-electron chi connectivity index (χ2n) is 3.20. The van der Waals surface area contributed by atoms with E-state index in [1.54, 1.807) is 23.9 Å². The van der Waals surface area contributed by atoms with Crippen LogP contribution in [-0.4, -0.2) is 24.6 Å². The average molecular weight is 225 g/mol. The maximum absolute atomic E-state index is 11.5. The molecule has 4 heteroatoms. The van der Waals surface area contributed by atoms with Crippen molar-refractivity contribution in [2.24, 2.45) is 0 Å². The Morgan fingerprint density at radius 1 is 1.53 bits per heavy atom. The van der Waals surface area contributed by atoms with Crippen LogP contribution in [-0.2, 0) is 4.74 Å². The van der Waals surface area contributed by atoms with Crippen molar-refractivity contribution >= 4 is 23.4 Å². The van der Waals surface area contributed by atoms with Crippen LogP contribution < -0.4 is 5.73 Å². The van der Waals surface area contributed by atoms with Gasteiger partial charge in [-0.25, -0.2) is 4.79 Å². The standard InChI is InChI=1S/C11H15NO2S/c1-8-3-4-9(7-10(8)12)11(13)14-5-6-15-2/h3-4,7H,5-6,12H2,1-2H3. The van der Waals surface area contributed by atoms with Crippen LogP contribution in [0.25, 0.3) is 0 Å². The summed E-state index contributed by atoms with van der Waals surface area (Å²) in [6.45, 7) is 2.34. The Morgan fingerprint density at radius 2 is 2.27 bits per heavy atom. The first-order valence-electron chi connectivity index (χ1n) is 4.67. The average Bonchev–Trinajstić information content (AvgIpc) is 2.22. The zero-order chi connectivity index (χ0) is 11.3. The van der Waals surface area contributed by atoms with Gasteiger partial charge in [-0.3, -0.25) is 0 Å². The van der Waals surface area contributed by atoms with Gasteiger partial charge in [-0.05, 0) is 30.9 Å². The molecule has 0 aliphatic carbocycles. The molecule has 82 valence electrons. The van der Waals surface area contributed by atoms with Crippen LogP contribution in [0.4, 0.5) is 5.69 Å². The molecule has 1 rings (SSSR count). The zero-order valence-corrected chi connectivity index (χ0v) is 9.76. The Hall–Kier alpha value is -1.16. The first-order chi connectivity index (χ1) is 7.15. The summed E-state index contributed by atoms with van der Waals surface area (Å²) in [7, 11) is 0. The lowest BCUT2D eigenvalue weighted by Gasteiger charge is -2.05. The van der Waals surface area contributed by atoms with Gasteiger partial charge in [-0.2, -0.15) is 11.8 Å². The van der Waals surface area contributed by atoms with Crippen LogP contribution in [0.3, 0.4) is 0 Å². The first kappa shape index (κ1) is 11.9. The highest BCUT2D eigenvalue weighted by Gasteiger charge is 2.07. The summed E-state index contributed by atoms with van der Waals surface area (Å²) >= 11 is 1.64. The van der Waals surface area contributed by atoms with E-state index in [9.17, 15) is 4.79 Å². The number of rotatable bonds is 4. The van der Waals surface area contributed by atoms with E-state index < -0.39 is 0 Å². The lowest BCUT2D eigenvalue weighted by atomic mass is 10.1. The topological polar surface area (TPSA) is 52.3 Å². The minimum atomic E-state index is -0.309. The Morgan fingerprint density at radius 3 is 2.87 bits per heavy atom. The normalized spacial score (nSPS) is 10.0. The summed E-state index contributed by atoms with van der Waals surface area (Å²) in [6.07, 6.45) is 1.97. The Balaban J connectivity index is 2.62. The second-order valence-corrected chi connectivity index (χ2v) is 4.19. The van der Waals surface area contributed by atoms with E-state index in [4.69, 9.17) is 10.5 Å². The number of carbonyl (C=O) groups is 1. The van der Waals surface area contributed by atoms with Crippen LogP contribution in [0.5, 0.6) is 0 Å². The Bertz CT molecular complexity index is 352. The lowest BCUT2D eigenvalue weighted by Crippen LogP contribution is -2.08. The third-order valence-electron chi connectivity index (χ3n) is 2.04. The SMILES string of the molecule is CSCCOC(=O)c1ccc(C)c(N)c1. The summed E-state index contributed by atoms with van der Waals surface area (Å²) in [4.78, 5) is 11.5. The van der Waals surface area contributed by atoms with Gasteiger partial charge in [0.05, 0.1) is 5.56 Å². The van der Waals surface area contributed by atoms with Gasteiger partial charge in [0.15, 0.2) is 0 Å². The van der Waals surface area contributed by atoms with Crippen LogP contribution in [0.1, 0.15) is 15.9 Å². The molecule has 15 heavy (non-hydrogen) atoms. The lowest BCUT2D eigenvalue weighted by molar-refractivity contribution is 0.0530. The summed E-state index contributed by atoms with van der Waals surface area (Å²) in [5, 5.41) is 0. The molecule has 0 aromatic heterocycles. The minimum absolute atomic E-state index is 0.309. The van der Waals surface area contributed by atoms with Crippen molar-refractivity contribution in [1.82, 2.24) is 0 Å². The van der Waals surface area contributed by atoms with E-state index >= 15 is 0 Å². The van der Waals surface area contributed by atoms with Crippen LogP contribution in [0.15, 0.2) is 18.2 Å². The molecule has 0 aliphatic rings. The number of aryl methyl sites for hydroxylation is 1. The summed E-state index contributed by atoms with van der Waals surface area (Å²) < 4.78 is 5.05. The van der Waals surface area contributed by atoms with Crippen molar-refractivity contribution in [2.75, 3.05) is 24.3 Å². The number of hydrogen-bond acceptors (Lipinski definition) is 4. The van der Waals surface area contributed by atoms with Crippen molar-refractivity contribution in [3.8, 4) is 0 Å². The molecule has 2 N–H and O–H groups in total. The van der Waals surface area contributed by atoms with Gasteiger partial charge < -0.3 is 10.5 Å². The summed E-state index contributed by atoms with van der Waals surface area (Å²) in [5.41, 5.74) is 7.80. The van der Waals surface area contributed by atoms with E-state index in [2.05, 4.69) is 0 Å². The second kappa shape index (κ2) is 5.66. The summed E-state index contributed by atoms with van der Waals surface area (Å²) in [6, 6.07) is 5.20. The molecule has 3 nitrogen and oxygen atoms in total. The van der Waals surface area contributed by atoms with Crippen LogP contribution in [0, 0.1) is 6.92 Å². The monoisotopic (exact) mass is 225 g/mol. The van der Waals surface area contributed by atoms with Crippen LogP contribution in [0.2, 0.25) is 0 Å². The van der Waals surface area contributed by atoms with E-state index in [-0.39, 0.29) is 5.97 Å². The maximum Gasteiger partial charge on any atom is 0.338 e. The van der Waals surface area contributed by atoms with Gasteiger partial charge in [-0.1, -0.05) is 6.07 Å². The fraction of sp³-hybridized carbons (Fsp3) is 0.364.